The van der Waals surface area contributed by atoms with Crippen LogP contribution in [0.15, 0.2) is 16.7 Å². The third kappa shape index (κ3) is 2.03. The Labute approximate surface area is 90.0 Å². The first-order valence-corrected chi connectivity index (χ1v) is 3.58. The summed E-state index contributed by atoms with van der Waals surface area (Å²) in [6.45, 7) is -8.81. The average molecular weight is 224 g/mol. The van der Waals surface area contributed by atoms with Gasteiger partial charge in [0.25, 0.3) is 0 Å². The third-order valence-electron chi connectivity index (χ3n) is 1.11. The molecule has 0 aliphatic carbocycles. The normalized spacial score (nSPS) is 28.5. The highest BCUT2D eigenvalue weighted by Gasteiger charge is 2.01. The highest BCUT2D eigenvalue weighted by atomic mass is 79.9. The lowest BCUT2D eigenvalue weighted by Crippen LogP contribution is -1.92. The van der Waals surface area contributed by atoms with Crippen LogP contribution in [0.4, 0.5) is 0 Å². The number of pyridine rings is 1. The largest absolute Gasteiger partial charge is 0.261 e. The maximum absolute atomic E-state index is 7.94. The Balaban J connectivity index is 3.54. The van der Waals surface area contributed by atoms with Gasteiger partial charge in [-0.2, -0.15) is 0 Å². The molecule has 2 heteroatoms. The molecule has 1 aromatic heterocycles. The van der Waals surface area contributed by atoms with Gasteiger partial charge in [0.2, 0.25) is 0 Å². The molecule has 0 saturated heterocycles. The Morgan fingerprint density at radius 3 is 3.09 bits per heavy atom. The van der Waals surface area contributed by atoms with E-state index in [1.54, 1.807) is 0 Å². The van der Waals surface area contributed by atoms with E-state index in [2.05, 4.69) is 20.9 Å². The number of aromatic nitrogens is 1. The van der Waals surface area contributed by atoms with E-state index in [0.717, 1.165) is 12.3 Å². The highest BCUT2D eigenvalue weighted by molar-refractivity contribution is 9.10. The molecule has 1 nitrogen and oxygen atoms in total. The number of hydrogen-bond acceptors (Lipinski definition) is 1. The zero-order chi connectivity index (χ0) is 16.9. The molecule has 0 bridgehead atoms. The SMILES string of the molecule is [2H]C([2H])([2H])c1cnc(C([2H])(C([2H])([2H])[2H])C([2H])([2H])[2H])cc1Br. The van der Waals surface area contributed by atoms with Gasteiger partial charge >= 0.3 is 0 Å². The van der Waals surface area contributed by atoms with Gasteiger partial charge in [-0.25, -0.2) is 0 Å². The lowest BCUT2D eigenvalue weighted by atomic mass is 10.1. The summed E-state index contributed by atoms with van der Waals surface area (Å²) in [5.74, 6) is -2.95. The van der Waals surface area contributed by atoms with Crippen molar-refractivity contribution in [3.05, 3.63) is 28.0 Å². The first-order valence-electron chi connectivity index (χ1n) is 7.79. The predicted octanol–water partition coefficient (Wildman–Crippen LogP) is 3.28. The second-order valence-electron chi connectivity index (χ2n) is 1.92. The van der Waals surface area contributed by atoms with Gasteiger partial charge in [0, 0.05) is 30.1 Å². The molecule has 0 saturated carbocycles. The monoisotopic (exact) mass is 223 g/mol. The summed E-state index contributed by atoms with van der Waals surface area (Å²) in [5, 5.41) is 0. The Morgan fingerprint density at radius 2 is 2.55 bits per heavy atom. The second kappa shape index (κ2) is 3.35. The van der Waals surface area contributed by atoms with Gasteiger partial charge in [0.15, 0.2) is 0 Å². The lowest BCUT2D eigenvalue weighted by molar-refractivity contribution is 0.819. The van der Waals surface area contributed by atoms with Gasteiger partial charge in [-0.15, -0.1) is 0 Å². The average Bonchev–Trinajstić information content (AvgIpc) is 2.22. The minimum absolute atomic E-state index is 0.0161. The summed E-state index contributed by atoms with van der Waals surface area (Å²) in [6.07, 6.45) is 0.868. The van der Waals surface area contributed by atoms with E-state index < -0.39 is 32.1 Å². The summed E-state index contributed by atoms with van der Waals surface area (Å²) in [5.41, 5.74) is -0.730. The smallest absolute Gasteiger partial charge is 0.0440 e. The summed E-state index contributed by atoms with van der Waals surface area (Å²) in [6, 6.07) is 0.966. The van der Waals surface area contributed by atoms with E-state index in [1.165, 1.54) is 0 Å². The number of halogens is 1. The van der Waals surface area contributed by atoms with Crippen molar-refractivity contribution in [3.63, 3.8) is 0 Å². The van der Waals surface area contributed by atoms with Crippen molar-refractivity contribution >= 4 is 15.9 Å². The van der Waals surface area contributed by atoms with E-state index in [9.17, 15) is 0 Å². The zero-order valence-corrected chi connectivity index (χ0v) is 7.07. The summed E-state index contributed by atoms with van der Waals surface area (Å²) >= 11 is 2.96. The fourth-order valence-corrected chi connectivity index (χ4v) is 0.887. The molecule has 60 valence electrons. The predicted molar refractivity (Wildman–Crippen MR) is 50.8 cm³/mol. The number of aryl methyl sites for hydroxylation is 1. The standard InChI is InChI=1S/C9H12BrN/c1-6(2)9-4-8(10)7(3)5-11-9/h4-6H,1-3H3/i1D3,2D3,3D3,6D. The molecule has 1 heterocycles. The van der Waals surface area contributed by atoms with Crippen LogP contribution in [-0.4, -0.2) is 4.98 Å². The molecular weight excluding hydrogens is 202 g/mol. The Morgan fingerprint density at radius 1 is 1.73 bits per heavy atom. The van der Waals surface area contributed by atoms with Crippen molar-refractivity contribution in [3.8, 4) is 0 Å². The van der Waals surface area contributed by atoms with Crippen LogP contribution < -0.4 is 0 Å². The van der Waals surface area contributed by atoms with E-state index in [1.807, 2.05) is 0 Å². The molecule has 0 N–H and O–H groups in total. The molecule has 0 radical (unpaired) electrons. The summed E-state index contributed by atoms with van der Waals surface area (Å²) < 4.78 is 73.8. The van der Waals surface area contributed by atoms with E-state index in [4.69, 9.17) is 13.7 Å². The molecule has 0 aliphatic heterocycles. The molecule has 0 unspecified atom stereocenters. The van der Waals surface area contributed by atoms with Crippen LogP contribution in [0, 0.1) is 6.85 Å². The van der Waals surface area contributed by atoms with Gasteiger partial charge in [0.05, 0.1) is 0 Å². The van der Waals surface area contributed by atoms with E-state index in [-0.39, 0.29) is 10.0 Å². The van der Waals surface area contributed by atoms with Crippen LogP contribution in [-0.2, 0) is 0 Å². The topological polar surface area (TPSA) is 12.9 Å². The lowest BCUT2D eigenvalue weighted by Gasteiger charge is -2.05. The van der Waals surface area contributed by atoms with Crippen molar-refractivity contribution < 1.29 is 13.7 Å². The van der Waals surface area contributed by atoms with E-state index >= 15 is 0 Å². The molecule has 0 aliphatic rings. The number of rotatable bonds is 1. The quantitative estimate of drug-likeness (QED) is 0.713. The van der Waals surface area contributed by atoms with Crippen molar-refractivity contribution in [2.45, 2.75) is 26.4 Å². The number of hydrogen-bond donors (Lipinski definition) is 0. The highest BCUT2D eigenvalue weighted by Crippen LogP contribution is 2.19. The third-order valence-corrected chi connectivity index (χ3v) is 1.77. The van der Waals surface area contributed by atoms with Crippen LogP contribution in [0.1, 0.15) is 44.6 Å². The maximum Gasteiger partial charge on any atom is 0.0440 e. The van der Waals surface area contributed by atoms with Gasteiger partial charge in [-0.1, -0.05) is 29.6 Å². The molecule has 0 amide bonds. The molecule has 11 heavy (non-hydrogen) atoms. The minimum atomic E-state index is -3.16. The van der Waals surface area contributed by atoms with Crippen molar-refractivity contribution in [1.29, 1.82) is 0 Å². The van der Waals surface area contributed by atoms with Crippen LogP contribution in [0.2, 0.25) is 0 Å². The van der Waals surface area contributed by atoms with E-state index in [0.29, 0.717) is 0 Å². The Hall–Kier alpha value is -0.370. The van der Waals surface area contributed by atoms with Crippen molar-refractivity contribution in [1.82, 2.24) is 4.98 Å². The summed E-state index contributed by atoms with van der Waals surface area (Å²) in [4.78, 5) is 3.61. The van der Waals surface area contributed by atoms with Gasteiger partial charge in [0.1, 0.15) is 0 Å². The fourth-order valence-electron chi connectivity index (χ4n) is 0.568. The maximum atomic E-state index is 7.94. The Bertz CT molecular complexity index is 515. The first kappa shape index (κ1) is 2.32. The van der Waals surface area contributed by atoms with Gasteiger partial charge in [-0.3, -0.25) is 4.98 Å². The zero-order valence-electron chi connectivity index (χ0n) is 15.5. The Kier molecular flexibility index (Phi) is 0.706. The molecule has 0 aromatic carbocycles. The van der Waals surface area contributed by atoms with Crippen LogP contribution in [0.5, 0.6) is 0 Å². The number of nitrogens with zero attached hydrogens (tertiary/aromatic N) is 1. The fraction of sp³-hybridized carbons (Fsp3) is 0.444. The van der Waals surface area contributed by atoms with Gasteiger partial charge in [-0.05, 0) is 24.4 Å². The second-order valence-corrected chi connectivity index (χ2v) is 2.78. The van der Waals surface area contributed by atoms with Crippen molar-refractivity contribution in [2.75, 3.05) is 0 Å². The molecular formula is C9H12BrN. The minimum Gasteiger partial charge on any atom is -0.261 e. The molecule has 1 rings (SSSR count). The van der Waals surface area contributed by atoms with Crippen LogP contribution in [0.3, 0.4) is 0 Å². The molecule has 0 spiro atoms. The van der Waals surface area contributed by atoms with Gasteiger partial charge < -0.3 is 0 Å². The van der Waals surface area contributed by atoms with Crippen LogP contribution >= 0.6 is 15.9 Å². The van der Waals surface area contributed by atoms with Crippen molar-refractivity contribution in [2.24, 2.45) is 0 Å². The first-order chi connectivity index (χ1) is 9.12. The molecule has 1 aromatic rings. The summed E-state index contributed by atoms with van der Waals surface area (Å²) in [7, 11) is 0. The van der Waals surface area contributed by atoms with Crippen LogP contribution in [0.25, 0.3) is 0 Å². The molecule has 0 atom stereocenters. The molecule has 0 fully saturated rings.